The van der Waals surface area contributed by atoms with E-state index in [-0.39, 0.29) is 18.2 Å². The number of hydrogen-bond acceptors (Lipinski definition) is 2. The number of benzene rings is 1. The largest absolute Gasteiger partial charge is 0.372 e. The molecule has 4 nitrogen and oxygen atoms in total. The zero-order valence-electron chi connectivity index (χ0n) is 12.1. The molecule has 0 unspecified atom stereocenters. The molecule has 1 aromatic rings. The van der Waals surface area contributed by atoms with Crippen molar-refractivity contribution < 1.29 is 9.53 Å². The predicted octanol–water partition coefficient (Wildman–Crippen LogP) is 2.94. The van der Waals surface area contributed by atoms with Crippen molar-refractivity contribution in [1.29, 1.82) is 0 Å². The van der Waals surface area contributed by atoms with Gasteiger partial charge in [0.15, 0.2) is 0 Å². The van der Waals surface area contributed by atoms with Gasteiger partial charge in [-0.1, -0.05) is 17.7 Å². The smallest absolute Gasteiger partial charge is 0.322 e. The molecule has 0 saturated carbocycles. The number of ether oxygens (including phenoxy) is 1. The monoisotopic (exact) mass is 262 g/mol. The highest BCUT2D eigenvalue weighted by molar-refractivity contribution is 5.90. The summed E-state index contributed by atoms with van der Waals surface area (Å²) in [7, 11) is 0. The molecule has 19 heavy (non-hydrogen) atoms. The Morgan fingerprint density at radius 1 is 1.26 bits per heavy atom. The summed E-state index contributed by atoms with van der Waals surface area (Å²) in [5.41, 5.74) is 3.16. The van der Waals surface area contributed by atoms with Gasteiger partial charge in [-0.3, -0.25) is 0 Å². The van der Waals surface area contributed by atoms with Gasteiger partial charge in [0, 0.05) is 18.8 Å². The van der Waals surface area contributed by atoms with Crippen LogP contribution in [0.25, 0.3) is 0 Å². The van der Waals surface area contributed by atoms with Gasteiger partial charge in [-0.25, -0.2) is 4.79 Å². The summed E-state index contributed by atoms with van der Waals surface area (Å²) < 4.78 is 5.63. The van der Waals surface area contributed by atoms with E-state index in [2.05, 4.69) is 11.4 Å². The lowest BCUT2D eigenvalue weighted by atomic mass is 10.1. The van der Waals surface area contributed by atoms with Crippen molar-refractivity contribution in [3.63, 3.8) is 0 Å². The van der Waals surface area contributed by atoms with Gasteiger partial charge in [0.1, 0.15) is 0 Å². The number of anilines is 1. The van der Waals surface area contributed by atoms with E-state index in [1.807, 2.05) is 44.7 Å². The van der Waals surface area contributed by atoms with Crippen molar-refractivity contribution in [3.05, 3.63) is 29.3 Å². The van der Waals surface area contributed by atoms with Crippen molar-refractivity contribution in [2.24, 2.45) is 0 Å². The molecule has 2 atom stereocenters. The van der Waals surface area contributed by atoms with Crippen molar-refractivity contribution in [2.75, 3.05) is 18.4 Å². The molecule has 104 valence electrons. The molecular weight excluding hydrogens is 240 g/mol. The van der Waals surface area contributed by atoms with Gasteiger partial charge in [-0.05, 0) is 39.3 Å². The lowest BCUT2D eigenvalue weighted by Gasteiger charge is -2.35. The van der Waals surface area contributed by atoms with Crippen LogP contribution in [-0.4, -0.2) is 36.2 Å². The minimum atomic E-state index is -0.0473. The zero-order chi connectivity index (χ0) is 14.0. The third kappa shape index (κ3) is 3.47. The Balaban J connectivity index is 2.04. The molecule has 2 rings (SSSR count). The SMILES string of the molecule is Cc1ccc(NC(=O)N2C[C@@H](C)O[C@H](C)C2)c(C)c1. The number of aryl methyl sites for hydroxylation is 2. The van der Waals surface area contributed by atoms with Crippen LogP contribution in [0.4, 0.5) is 10.5 Å². The Hall–Kier alpha value is -1.55. The highest BCUT2D eigenvalue weighted by atomic mass is 16.5. The van der Waals surface area contributed by atoms with Crippen LogP contribution in [0.5, 0.6) is 0 Å². The molecule has 2 amide bonds. The van der Waals surface area contributed by atoms with E-state index in [9.17, 15) is 4.79 Å². The normalized spacial score (nSPS) is 23.3. The van der Waals surface area contributed by atoms with Gasteiger partial charge < -0.3 is 15.0 Å². The molecule has 1 heterocycles. The Morgan fingerprint density at radius 2 is 1.89 bits per heavy atom. The van der Waals surface area contributed by atoms with E-state index in [4.69, 9.17) is 4.74 Å². The molecular formula is C15H22N2O2. The van der Waals surface area contributed by atoms with E-state index in [1.54, 1.807) is 0 Å². The summed E-state index contributed by atoms with van der Waals surface area (Å²) in [6.45, 7) is 9.32. The van der Waals surface area contributed by atoms with Gasteiger partial charge in [0.05, 0.1) is 12.2 Å². The third-order valence-corrected chi connectivity index (χ3v) is 3.33. The quantitative estimate of drug-likeness (QED) is 0.845. The molecule has 1 saturated heterocycles. The van der Waals surface area contributed by atoms with Crippen LogP contribution in [0, 0.1) is 13.8 Å². The molecule has 0 radical (unpaired) electrons. The molecule has 0 aromatic heterocycles. The molecule has 1 fully saturated rings. The fraction of sp³-hybridized carbons (Fsp3) is 0.533. The van der Waals surface area contributed by atoms with E-state index >= 15 is 0 Å². The average molecular weight is 262 g/mol. The molecule has 1 aromatic carbocycles. The molecule has 0 spiro atoms. The summed E-state index contributed by atoms with van der Waals surface area (Å²) in [5.74, 6) is 0. The van der Waals surface area contributed by atoms with Gasteiger partial charge in [0.2, 0.25) is 0 Å². The predicted molar refractivity (Wildman–Crippen MR) is 76.5 cm³/mol. The van der Waals surface area contributed by atoms with Crippen LogP contribution in [0.2, 0.25) is 0 Å². The molecule has 0 aliphatic carbocycles. The number of carbonyl (C=O) groups is 1. The van der Waals surface area contributed by atoms with Crippen LogP contribution in [0.3, 0.4) is 0 Å². The second-order valence-electron chi connectivity index (χ2n) is 5.41. The van der Waals surface area contributed by atoms with E-state index in [0.717, 1.165) is 11.3 Å². The van der Waals surface area contributed by atoms with Crippen molar-refractivity contribution in [3.8, 4) is 0 Å². The van der Waals surface area contributed by atoms with Gasteiger partial charge in [-0.15, -0.1) is 0 Å². The Labute approximate surface area is 114 Å². The molecule has 1 aliphatic rings. The van der Waals surface area contributed by atoms with E-state index in [1.165, 1.54) is 5.56 Å². The summed E-state index contributed by atoms with van der Waals surface area (Å²) in [4.78, 5) is 14.1. The molecule has 4 heteroatoms. The summed E-state index contributed by atoms with van der Waals surface area (Å²) in [5, 5.41) is 2.98. The summed E-state index contributed by atoms with van der Waals surface area (Å²) >= 11 is 0. The molecule has 0 bridgehead atoms. The third-order valence-electron chi connectivity index (χ3n) is 3.33. The first-order chi connectivity index (χ1) is 8.95. The van der Waals surface area contributed by atoms with Crippen LogP contribution in [0.15, 0.2) is 18.2 Å². The van der Waals surface area contributed by atoms with E-state index in [0.29, 0.717) is 13.1 Å². The molecule has 1 N–H and O–H groups in total. The molecule has 1 aliphatic heterocycles. The fourth-order valence-corrected chi connectivity index (χ4v) is 2.49. The van der Waals surface area contributed by atoms with Crippen LogP contribution < -0.4 is 5.32 Å². The standard InChI is InChI=1S/C15H22N2O2/c1-10-5-6-14(11(2)7-10)16-15(18)17-8-12(3)19-13(4)9-17/h5-7,12-13H,8-9H2,1-4H3,(H,16,18)/t12-,13-/m1/s1. The Bertz CT molecular complexity index is 463. The van der Waals surface area contributed by atoms with E-state index < -0.39 is 0 Å². The van der Waals surface area contributed by atoms with Crippen LogP contribution >= 0.6 is 0 Å². The van der Waals surface area contributed by atoms with Crippen LogP contribution in [-0.2, 0) is 4.74 Å². The highest BCUT2D eigenvalue weighted by Crippen LogP contribution is 2.18. The maximum absolute atomic E-state index is 12.3. The number of rotatable bonds is 1. The average Bonchev–Trinajstić information content (AvgIpc) is 2.31. The lowest BCUT2D eigenvalue weighted by molar-refractivity contribution is -0.0530. The minimum Gasteiger partial charge on any atom is -0.372 e. The highest BCUT2D eigenvalue weighted by Gasteiger charge is 2.25. The second-order valence-corrected chi connectivity index (χ2v) is 5.41. The summed E-state index contributed by atoms with van der Waals surface area (Å²) in [6, 6.07) is 5.98. The van der Waals surface area contributed by atoms with Gasteiger partial charge in [0.25, 0.3) is 0 Å². The summed E-state index contributed by atoms with van der Waals surface area (Å²) in [6.07, 6.45) is 0.183. The first-order valence-corrected chi connectivity index (χ1v) is 6.74. The van der Waals surface area contributed by atoms with Crippen LogP contribution in [0.1, 0.15) is 25.0 Å². The Morgan fingerprint density at radius 3 is 2.47 bits per heavy atom. The van der Waals surface area contributed by atoms with Crippen molar-refractivity contribution >= 4 is 11.7 Å². The van der Waals surface area contributed by atoms with Gasteiger partial charge >= 0.3 is 6.03 Å². The number of nitrogens with one attached hydrogen (secondary N) is 1. The Kier molecular flexibility index (Phi) is 4.10. The number of hydrogen-bond donors (Lipinski definition) is 1. The maximum atomic E-state index is 12.3. The minimum absolute atomic E-state index is 0.0473. The fourth-order valence-electron chi connectivity index (χ4n) is 2.49. The first-order valence-electron chi connectivity index (χ1n) is 6.74. The van der Waals surface area contributed by atoms with Crippen molar-refractivity contribution in [2.45, 2.75) is 39.9 Å². The second kappa shape index (κ2) is 5.61. The van der Waals surface area contributed by atoms with Gasteiger partial charge in [-0.2, -0.15) is 0 Å². The first kappa shape index (κ1) is 13.9. The number of amides is 2. The number of carbonyl (C=O) groups excluding carboxylic acids is 1. The van der Waals surface area contributed by atoms with Crippen molar-refractivity contribution in [1.82, 2.24) is 4.90 Å². The number of morpholine rings is 1. The zero-order valence-corrected chi connectivity index (χ0v) is 12.1. The number of urea groups is 1. The maximum Gasteiger partial charge on any atom is 0.322 e. The number of nitrogens with zero attached hydrogens (tertiary/aromatic N) is 1. The topological polar surface area (TPSA) is 41.6 Å². The lowest BCUT2D eigenvalue weighted by Crippen LogP contribution is -2.49.